The van der Waals surface area contributed by atoms with Gasteiger partial charge >= 0.3 is 0 Å². The molecule has 1 aromatic heterocycles. The molecule has 0 fully saturated rings. The first-order valence-electron chi connectivity index (χ1n) is 7.87. The third kappa shape index (κ3) is 2.61. The molecule has 4 N–H and O–H groups in total. The van der Waals surface area contributed by atoms with Crippen molar-refractivity contribution < 1.29 is 0 Å². The number of hydrogen-bond donors (Lipinski definition) is 2. The number of rotatable bonds is 2. The fraction of sp³-hybridized carbons (Fsp3) is 0. The van der Waals surface area contributed by atoms with E-state index in [1.54, 1.807) is 34.9 Å². The van der Waals surface area contributed by atoms with Gasteiger partial charge in [-0.1, -0.05) is 18.2 Å². The van der Waals surface area contributed by atoms with Gasteiger partial charge in [0.15, 0.2) is 0 Å². The standard InChI is InChI=1S/C20H16N4O/c21-14-8-6-13(7-9-14)19-23-18-12-15(22)10-11-17(18)20(25)24(19)16-4-2-1-3-5-16/h1-12H,21-22H2. The molecule has 0 saturated heterocycles. The van der Waals surface area contributed by atoms with Crippen molar-refractivity contribution in [3.8, 4) is 17.1 Å². The number of hydrogen-bond acceptors (Lipinski definition) is 4. The molecule has 0 aliphatic heterocycles. The smallest absolute Gasteiger partial charge is 0.266 e. The van der Waals surface area contributed by atoms with E-state index in [0.717, 1.165) is 11.3 Å². The molecule has 0 aliphatic rings. The minimum Gasteiger partial charge on any atom is -0.399 e. The zero-order valence-electron chi connectivity index (χ0n) is 13.4. The summed E-state index contributed by atoms with van der Waals surface area (Å²) in [6, 6.07) is 21.9. The number of fused-ring (bicyclic) bond motifs is 1. The van der Waals surface area contributed by atoms with Gasteiger partial charge in [0.25, 0.3) is 5.56 Å². The number of nitrogen functional groups attached to an aromatic ring is 2. The van der Waals surface area contributed by atoms with Crippen molar-refractivity contribution >= 4 is 22.3 Å². The SMILES string of the molecule is Nc1ccc(-c2nc3cc(N)ccc3c(=O)n2-c2ccccc2)cc1. The largest absolute Gasteiger partial charge is 0.399 e. The lowest BCUT2D eigenvalue weighted by atomic mass is 10.1. The molecule has 122 valence electrons. The van der Waals surface area contributed by atoms with E-state index in [-0.39, 0.29) is 5.56 Å². The van der Waals surface area contributed by atoms with Crippen LogP contribution in [0.15, 0.2) is 77.6 Å². The molecule has 0 aliphatic carbocycles. The van der Waals surface area contributed by atoms with Crippen LogP contribution in [0.5, 0.6) is 0 Å². The van der Waals surface area contributed by atoms with Gasteiger partial charge in [-0.05, 0) is 54.6 Å². The first kappa shape index (κ1) is 15.0. The monoisotopic (exact) mass is 328 g/mol. The van der Waals surface area contributed by atoms with E-state index >= 15 is 0 Å². The molecule has 0 unspecified atom stereocenters. The maximum Gasteiger partial charge on any atom is 0.266 e. The molecule has 0 amide bonds. The average Bonchev–Trinajstić information content (AvgIpc) is 2.62. The summed E-state index contributed by atoms with van der Waals surface area (Å²) in [5.41, 5.74) is 14.9. The average molecular weight is 328 g/mol. The van der Waals surface area contributed by atoms with Crippen molar-refractivity contribution in [2.45, 2.75) is 0 Å². The minimum absolute atomic E-state index is 0.136. The second-order valence-corrected chi connectivity index (χ2v) is 5.81. The maximum absolute atomic E-state index is 13.2. The van der Waals surface area contributed by atoms with Gasteiger partial charge in [0.05, 0.1) is 16.6 Å². The van der Waals surface area contributed by atoms with Crippen molar-refractivity contribution in [2.24, 2.45) is 0 Å². The van der Waals surface area contributed by atoms with Gasteiger partial charge in [-0.2, -0.15) is 0 Å². The Morgan fingerprint density at radius 1 is 0.800 bits per heavy atom. The summed E-state index contributed by atoms with van der Waals surface area (Å²) in [6.45, 7) is 0. The highest BCUT2D eigenvalue weighted by atomic mass is 16.1. The molecule has 0 spiro atoms. The van der Waals surface area contributed by atoms with Gasteiger partial charge in [0, 0.05) is 16.9 Å². The summed E-state index contributed by atoms with van der Waals surface area (Å²) in [5.74, 6) is 0.550. The maximum atomic E-state index is 13.2. The quantitative estimate of drug-likeness (QED) is 0.553. The Balaban J connectivity index is 2.11. The second-order valence-electron chi connectivity index (χ2n) is 5.81. The van der Waals surface area contributed by atoms with Crippen LogP contribution in [-0.2, 0) is 0 Å². The molecule has 0 radical (unpaired) electrons. The lowest BCUT2D eigenvalue weighted by molar-refractivity contribution is 0.976. The Hall–Kier alpha value is -3.60. The van der Waals surface area contributed by atoms with Gasteiger partial charge in [0.2, 0.25) is 0 Å². The van der Waals surface area contributed by atoms with E-state index in [1.807, 2.05) is 42.5 Å². The molecule has 0 saturated carbocycles. The predicted octanol–water partition coefficient (Wildman–Crippen LogP) is 3.22. The topological polar surface area (TPSA) is 86.9 Å². The summed E-state index contributed by atoms with van der Waals surface area (Å²) in [5, 5.41) is 0.525. The van der Waals surface area contributed by atoms with Gasteiger partial charge in [-0.3, -0.25) is 9.36 Å². The van der Waals surface area contributed by atoms with Crippen LogP contribution in [-0.4, -0.2) is 9.55 Å². The van der Waals surface area contributed by atoms with E-state index in [1.165, 1.54) is 0 Å². The third-order valence-electron chi connectivity index (χ3n) is 4.08. The summed E-state index contributed by atoms with van der Waals surface area (Å²) in [7, 11) is 0. The van der Waals surface area contributed by atoms with Gasteiger partial charge in [-0.15, -0.1) is 0 Å². The number of anilines is 2. The van der Waals surface area contributed by atoms with Gasteiger partial charge < -0.3 is 11.5 Å². The molecule has 5 nitrogen and oxygen atoms in total. The molecule has 1 heterocycles. The molecule has 4 aromatic rings. The van der Waals surface area contributed by atoms with Crippen LogP contribution in [0.1, 0.15) is 0 Å². The van der Waals surface area contributed by atoms with E-state index in [9.17, 15) is 4.79 Å². The normalized spacial score (nSPS) is 10.9. The summed E-state index contributed by atoms with van der Waals surface area (Å²) in [6.07, 6.45) is 0. The third-order valence-corrected chi connectivity index (χ3v) is 4.08. The predicted molar refractivity (Wildman–Crippen MR) is 102 cm³/mol. The Labute approximate surface area is 144 Å². The Kier molecular flexibility index (Phi) is 3.47. The lowest BCUT2D eigenvalue weighted by Gasteiger charge is -2.14. The van der Waals surface area contributed by atoms with Crippen LogP contribution in [0.2, 0.25) is 0 Å². The first-order chi connectivity index (χ1) is 12.1. The summed E-state index contributed by atoms with van der Waals surface area (Å²) in [4.78, 5) is 17.9. The van der Waals surface area contributed by atoms with E-state index in [4.69, 9.17) is 16.5 Å². The van der Waals surface area contributed by atoms with Gasteiger partial charge in [0.1, 0.15) is 5.82 Å². The van der Waals surface area contributed by atoms with E-state index in [0.29, 0.717) is 28.1 Å². The van der Waals surface area contributed by atoms with Gasteiger partial charge in [-0.25, -0.2) is 4.98 Å². The van der Waals surface area contributed by atoms with Crippen LogP contribution >= 0.6 is 0 Å². The van der Waals surface area contributed by atoms with Crippen molar-refractivity contribution in [2.75, 3.05) is 11.5 Å². The highest BCUT2D eigenvalue weighted by Gasteiger charge is 2.14. The summed E-state index contributed by atoms with van der Waals surface area (Å²) >= 11 is 0. The van der Waals surface area contributed by atoms with Crippen LogP contribution in [0, 0.1) is 0 Å². The van der Waals surface area contributed by atoms with Crippen molar-refractivity contribution in [1.82, 2.24) is 9.55 Å². The van der Waals surface area contributed by atoms with Crippen molar-refractivity contribution in [3.63, 3.8) is 0 Å². The molecular formula is C20H16N4O. The second kappa shape index (κ2) is 5.79. The molecule has 0 bridgehead atoms. The zero-order valence-corrected chi connectivity index (χ0v) is 13.4. The number of benzene rings is 3. The lowest BCUT2D eigenvalue weighted by Crippen LogP contribution is -2.22. The number of para-hydroxylation sites is 1. The fourth-order valence-corrected chi connectivity index (χ4v) is 2.85. The Bertz CT molecular complexity index is 1120. The van der Waals surface area contributed by atoms with Crippen molar-refractivity contribution in [1.29, 1.82) is 0 Å². The Morgan fingerprint density at radius 2 is 1.48 bits per heavy atom. The number of nitrogens with two attached hydrogens (primary N) is 2. The molecule has 5 heteroatoms. The van der Waals surface area contributed by atoms with E-state index < -0.39 is 0 Å². The molecular weight excluding hydrogens is 312 g/mol. The van der Waals surface area contributed by atoms with E-state index in [2.05, 4.69) is 0 Å². The summed E-state index contributed by atoms with van der Waals surface area (Å²) < 4.78 is 1.62. The zero-order chi connectivity index (χ0) is 17.4. The highest BCUT2D eigenvalue weighted by Crippen LogP contribution is 2.23. The molecule has 25 heavy (non-hydrogen) atoms. The highest BCUT2D eigenvalue weighted by molar-refractivity contribution is 5.83. The van der Waals surface area contributed by atoms with Crippen molar-refractivity contribution in [3.05, 3.63) is 83.2 Å². The van der Waals surface area contributed by atoms with Crippen LogP contribution in [0.4, 0.5) is 11.4 Å². The first-order valence-corrected chi connectivity index (χ1v) is 7.87. The van der Waals surface area contributed by atoms with Crippen LogP contribution in [0.3, 0.4) is 0 Å². The molecule has 3 aromatic carbocycles. The van der Waals surface area contributed by atoms with Crippen LogP contribution < -0.4 is 17.0 Å². The molecule has 0 atom stereocenters. The minimum atomic E-state index is -0.136. The number of nitrogens with zero attached hydrogens (tertiary/aromatic N) is 2. The molecule has 4 rings (SSSR count). The Morgan fingerprint density at radius 3 is 2.20 bits per heavy atom. The fourth-order valence-electron chi connectivity index (χ4n) is 2.85. The van der Waals surface area contributed by atoms with Crippen LogP contribution in [0.25, 0.3) is 28.0 Å². The number of aromatic nitrogens is 2.